The third-order valence-electron chi connectivity index (χ3n) is 0.625. The summed E-state index contributed by atoms with van der Waals surface area (Å²) in [6, 6.07) is 0. The van der Waals surface area contributed by atoms with Gasteiger partial charge in [0.2, 0.25) is 0 Å². The minimum Gasteiger partial charge on any atom is -0.280 e. The van der Waals surface area contributed by atoms with Gasteiger partial charge in [-0.15, -0.1) is 0 Å². The summed E-state index contributed by atoms with van der Waals surface area (Å²) in [5.74, 6) is 0. The Balaban J connectivity index is 4.06. The molecule has 0 aromatic rings. The summed E-state index contributed by atoms with van der Waals surface area (Å²) in [6.45, 7) is 0. The van der Waals surface area contributed by atoms with Gasteiger partial charge in [-0.2, -0.15) is 0 Å². The Labute approximate surface area is 57.4 Å². The Hall–Kier alpha value is -0.670. The summed E-state index contributed by atoms with van der Waals surface area (Å²) < 4.78 is 23.2. The Bertz CT molecular complexity index is 177. The van der Waals surface area contributed by atoms with Crippen LogP contribution in [0.15, 0.2) is 5.16 Å². The molecule has 0 aromatic heterocycles. The summed E-state index contributed by atoms with van der Waals surface area (Å²) in [5.41, 5.74) is 0. The van der Waals surface area contributed by atoms with Crippen LogP contribution in [0.25, 0.3) is 0 Å². The average Bonchev–Trinajstić information content (AvgIpc) is 2.00. The van der Waals surface area contributed by atoms with E-state index in [1.807, 2.05) is 0 Å². The monoisotopic (exact) mass is 167 g/mol. The fraction of sp³-hybridized carbons (Fsp3) is 0.667. The molecule has 0 spiro atoms. The predicted octanol–water partition coefficient (Wildman–Crippen LogP) is 0.655. The van der Waals surface area contributed by atoms with E-state index < -0.39 is 7.82 Å². The van der Waals surface area contributed by atoms with Crippen molar-refractivity contribution in [1.29, 1.82) is 0 Å². The van der Waals surface area contributed by atoms with Gasteiger partial charge in [-0.25, -0.2) is 9.36 Å². The van der Waals surface area contributed by atoms with Crippen LogP contribution in [0.1, 0.15) is 0 Å². The first kappa shape index (κ1) is 9.33. The van der Waals surface area contributed by atoms with Crippen LogP contribution in [0, 0.1) is 0 Å². The van der Waals surface area contributed by atoms with Gasteiger partial charge in [-0.05, 0) is 0 Å². The highest BCUT2D eigenvalue weighted by atomic mass is 31.2. The normalized spacial score (nSPS) is 10.2. The predicted molar refractivity (Wildman–Crippen MR) is 30.8 cm³/mol. The van der Waals surface area contributed by atoms with Gasteiger partial charge in [0, 0.05) is 19.4 Å². The molecule has 7 heteroatoms. The molecular formula is C3H6NO5P. The van der Waals surface area contributed by atoms with Crippen molar-refractivity contribution in [2.45, 2.75) is 0 Å². The average molecular weight is 167 g/mol. The maximum absolute atomic E-state index is 10.8. The van der Waals surface area contributed by atoms with Gasteiger partial charge >= 0.3 is 7.82 Å². The molecule has 10 heavy (non-hydrogen) atoms. The third kappa shape index (κ3) is 2.75. The zero-order chi connectivity index (χ0) is 8.04. The van der Waals surface area contributed by atoms with E-state index in [2.05, 4.69) is 18.8 Å². The number of isocyanates is 1. The van der Waals surface area contributed by atoms with E-state index in [0.29, 0.717) is 0 Å². The van der Waals surface area contributed by atoms with Gasteiger partial charge in [0.15, 0.2) is 0 Å². The van der Waals surface area contributed by atoms with E-state index in [4.69, 9.17) is 0 Å². The third-order valence-corrected chi connectivity index (χ3v) is 1.80. The fourth-order valence-electron chi connectivity index (χ4n) is 0.208. The van der Waals surface area contributed by atoms with Crippen LogP contribution in [-0.2, 0) is 23.0 Å². The first-order valence-electron chi connectivity index (χ1n) is 2.16. The van der Waals surface area contributed by atoms with Crippen molar-refractivity contribution in [1.82, 2.24) is 0 Å². The van der Waals surface area contributed by atoms with Crippen LogP contribution >= 0.6 is 7.82 Å². The highest BCUT2D eigenvalue weighted by molar-refractivity contribution is 7.48. The molecule has 0 saturated carbocycles. The maximum Gasteiger partial charge on any atom is 0.550 e. The molecular weight excluding hydrogens is 161 g/mol. The van der Waals surface area contributed by atoms with Gasteiger partial charge in [0.1, 0.15) is 0 Å². The summed E-state index contributed by atoms with van der Waals surface area (Å²) in [7, 11) is -1.42. The Morgan fingerprint density at radius 3 is 2.20 bits per heavy atom. The highest BCUT2D eigenvalue weighted by Gasteiger charge is 2.23. The molecule has 0 atom stereocenters. The Kier molecular flexibility index (Phi) is 3.91. The molecule has 6 nitrogen and oxygen atoms in total. The second kappa shape index (κ2) is 4.19. The van der Waals surface area contributed by atoms with Crippen LogP contribution in [0.3, 0.4) is 0 Å². The summed E-state index contributed by atoms with van der Waals surface area (Å²) in [4.78, 5) is 9.43. The van der Waals surface area contributed by atoms with E-state index >= 15 is 0 Å². The van der Waals surface area contributed by atoms with E-state index in [-0.39, 0.29) is 0 Å². The van der Waals surface area contributed by atoms with E-state index in [9.17, 15) is 9.36 Å². The lowest BCUT2D eigenvalue weighted by Crippen LogP contribution is -1.88. The lowest BCUT2D eigenvalue weighted by Gasteiger charge is -2.06. The van der Waals surface area contributed by atoms with Crippen molar-refractivity contribution in [2.75, 3.05) is 14.2 Å². The van der Waals surface area contributed by atoms with Gasteiger partial charge in [-0.1, -0.05) is 0 Å². The van der Waals surface area contributed by atoms with Gasteiger partial charge in [0.05, 0.1) is 0 Å². The standard InChI is InChI=1S/C3H6NO5P/c1-7-10(6,8-2)9-4-3-5/h1-2H3. The first-order valence-corrected chi connectivity index (χ1v) is 3.62. The molecule has 0 aliphatic rings. The molecule has 0 saturated heterocycles. The van der Waals surface area contributed by atoms with Crippen molar-refractivity contribution in [3.63, 3.8) is 0 Å². The zero-order valence-electron chi connectivity index (χ0n) is 5.44. The van der Waals surface area contributed by atoms with E-state index in [0.717, 1.165) is 20.3 Å². The summed E-state index contributed by atoms with van der Waals surface area (Å²) in [6.07, 6.45) is 1.01. The molecule has 0 rings (SSSR count). The Morgan fingerprint density at radius 2 is 1.90 bits per heavy atom. The number of rotatable bonds is 4. The van der Waals surface area contributed by atoms with Gasteiger partial charge in [-0.3, -0.25) is 13.7 Å². The lowest BCUT2D eigenvalue weighted by atomic mass is 11.7. The van der Waals surface area contributed by atoms with Crippen molar-refractivity contribution >= 4 is 13.9 Å². The first-order chi connectivity index (χ1) is 4.68. The van der Waals surface area contributed by atoms with Crippen LogP contribution < -0.4 is 0 Å². The molecule has 0 radical (unpaired) electrons. The van der Waals surface area contributed by atoms with Crippen LogP contribution in [0.2, 0.25) is 0 Å². The molecule has 0 bridgehead atoms. The van der Waals surface area contributed by atoms with Crippen molar-refractivity contribution in [2.24, 2.45) is 5.16 Å². The molecule has 0 unspecified atom stereocenters. The summed E-state index contributed by atoms with van der Waals surface area (Å²) in [5, 5.41) is 2.57. The second-order valence-electron chi connectivity index (χ2n) is 1.08. The molecule has 0 aliphatic carbocycles. The molecule has 0 heterocycles. The minimum absolute atomic E-state index is 1.01. The van der Waals surface area contributed by atoms with Crippen LogP contribution in [0.4, 0.5) is 0 Å². The number of hydrogen-bond donors (Lipinski definition) is 0. The highest BCUT2D eigenvalue weighted by Crippen LogP contribution is 2.47. The minimum atomic E-state index is -3.63. The van der Waals surface area contributed by atoms with E-state index in [1.165, 1.54) is 0 Å². The number of phosphoric acid groups is 1. The number of phosphoric ester groups is 1. The topological polar surface area (TPSA) is 74.2 Å². The molecule has 0 amide bonds. The van der Waals surface area contributed by atoms with Gasteiger partial charge in [0.25, 0.3) is 6.08 Å². The number of carbonyl (C=O) groups excluding carboxylic acids is 1. The molecule has 0 aromatic carbocycles. The van der Waals surface area contributed by atoms with Crippen molar-refractivity contribution < 1.29 is 23.0 Å². The quantitative estimate of drug-likeness (QED) is 0.266. The zero-order valence-corrected chi connectivity index (χ0v) is 6.33. The maximum atomic E-state index is 10.8. The fourth-order valence-corrected chi connectivity index (χ4v) is 0.624. The molecule has 0 fully saturated rings. The number of hydrogen-bond acceptors (Lipinski definition) is 6. The van der Waals surface area contributed by atoms with Crippen molar-refractivity contribution in [3.8, 4) is 0 Å². The van der Waals surface area contributed by atoms with Crippen LogP contribution in [0.5, 0.6) is 0 Å². The van der Waals surface area contributed by atoms with E-state index in [1.54, 1.807) is 0 Å². The summed E-state index contributed by atoms with van der Waals surface area (Å²) >= 11 is 0. The van der Waals surface area contributed by atoms with Crippen molar-refractivity contribution in [3.05, 3.63) is 0 Å². The largest absolute Gasteiger partial charge is 0.550 e. The smallest absolute Gasteiger partial charge is 0.280 e. The molecule has 0 N–H and O–H groups in total. The Morgan fingerprint density at radius 1 is 1.40 bits per heavy atom. The van der Waals surface area contributed by atoms with Gasteiger partial charge < -0.3 is 0 Å². The second-order valence-corrected chi connectivity index (χ2v) is 2.86. The molecule has 58 valence electrons. The number of nitrogens with zero attached hydrogens (tertiary/aromatic N) is 1. The molecule has 0 aliphatic heterocycles. The lowest BCUT2D eigenvalue weighted by molar-refractivity contribution is 0.156. The van der Waals surface area contributed by atoms with Crippen LogP contribution in [-0.4, -0.2) is 20.3 Å². The SMILES string of the molecule is COP(=O)(OC)ON=C=O.